The number of thiazole rings is 1. The van der Waals surface area contributed by atoms with Crippen molar-refractivity contribution in [2.45, 2.75) is 10.6 Å². The topological polar surface area (TPSA) is 38.9 Å². The third-order valence-corrected chi connectivity index (χ3v) is 5.24. The number of nitrogens with zero attached hydrogens (tertiary/aromatic N) is 1. The lowest BCUT2D eigenvalue weighted by Gasteiger charge is -1.99. The van der Waals surface area contributed by atoms with Crippen molar-refractivity contribution >= 4 is 40.4 Å². The fourth-order valence-corrected chi connectivity index (χ4v) is 3.69. The van der Waals surface area contributed by atoms with E-state index in [0.29, 0.717) is 0 Å². The first-order valence-corrected chi connectivity index (χ1v) is 8.64. The van der Waals surface area contributed by atoms with E-state index in [2.05, 4.69) is 10.4 Å². The Balaban J connectivity index is 1.67. The van der Waals surface area contributed by atoms with E-state index in [0.717, 1.165) is 32.7 Å². The zero-order valence-electron chi connectivity index (χ0n) is 11.1. The molecule has 3 aromatic rings. The monoisotopic (exact) mass is 332 g/mol. The maximum atomic E-state index is 5.88. The van der Waals surface area contributed by atoms with Crippen LogP contribution in [0.3, 0.4) is 0 Å². The Bertz CT molecular complexity index is 721. The molecule has 0 saturated heterocycles. The average molecular weight is 333 g/mol. The molecule has 0 saturated carbocycles. The van der Waals surface area contributed by atoms with Crippen molar-refractivity contribution in [3.8, 4) is 11.3 Å². The minimum atomic E-state index is 0.763. The molecule has 0 aliphatic carbocycles. The van der Waals surface area contributed by atoms with Crippen LogP contribution < -0.4 is 5.73 Å². The molecule has 0 aliphatic rings. The molecule has 0 spiro atoms. The van der Waals surface area contributed by atoms with Gasteiger partial charge in [-0.1, -0.05) is 23.7 Å². The molecule has 2 aromatic carbocycles. The van der Waals surface area contributed by atoms with Gasteiger partial charge in [-0.25, -0.2) is 4.98 Å². The number of hydrogen-bond acceptors (Lipinski definition) is 4. The van der Waals surface area contributed by atoms with Crippen LogP contribution in [0.1, 0.15) is 5.01 Å². The molecule has 106 valence electrons. The van der Waals surface area contributed by atoms with Gasteiger partial charge in [0, 0.05) is 26.5 Å². The number of benzene rings is 2. The Morgan fingerprint density at radius 2 is 1.76 bits per heavy atom. The van der Waals surface area contributed by atoms with E-state index in [1.165, 1.54) is 4.90 Å². The highest BCUT2D eigenvalue weighted by atomic mass is 35.5. The first kappa shape index (κ1) is 14.4. The second-order valence-corrected chi connectivity index (χ2v) is 6.92. The normalized spacial score (nSPS) is 10.7. The summed E-state index contributed by atoms with van der Waals surface area (Å²) >= 11 is 9.33. The maximum absolute atomic E-state index is 5.88. The number of nitrogen functional groups attached to an aromatic ring is 1. The highest BCUT2D eigenvalue weighted by molar-refractivity contribution is 7.98. The Labute approximate surface area is 137 Å². The van der Waals surface area contributed by atoms with Gasteiger partial charge in [-0.15, -0.1) is 23.1 Å². The summed E-state index contributed by atoms with van der Waals surface area (Å²) in [6.07, 6.45) is 0. The smallest absolute Gasteiger partial charge is 0.104 e. The number of aromatic nitrogens is 1. The number of nitrogens with two attached hydrogens (primary N) is 1. The predicted molar refractivity (Wildman–Crippen MR) is 93.0 cm³/mol. The van der Waals surface area contributed by atoms with Gasteiger partial charge in [0.1, 0.15) is 5.01 Å². The lowest BCUT2D eigenvalue weighted by Crippen LogP contribution is -1.85. The summed E-state index contributed by atoms with van der Waals surface area (Å²) in [5.74, 6) is 0.862. The van der Waals surface area contributed by atoms with E-state index in [4.69, 9.17) is 17.3 Å². The molecule has 5 heteroatoms. The van der Waals surface area contributed by atoms with Crippen molar-refractivity contribution in [2.75, 3.05) is 5.73 Å². The number of thioether (sulfide) groups is 1. The van der Waals surface area contributed by atoms with Crippen LogP contribution >= 0.6 is 34.7 Å². The van der Waals surface area contributed by atoms with Crippen LogP contribution in [0, 0.1) is 0 Å². The quantitative estimate of drug-likeness (QED) is 0.518. The summed E-state index contributed by atoms with van der Waals surface area (Å²) in [6, 6.07) is 15.7. The molecule has 0 atom stereocenters. The molecule has 2 nitrogen and oxygen atoms in total. The molecule has 0 aliphatic heterocycles. The summed E-state index contributed by atoms with van der Waals surface area (Å²) in [4.78, 5) is 5.87. The average Bonchev–Trinajstić information content (AvgIpc) is 2.96. The number of hydrogen-bond donors (Lipinski definition) is 1. The first-order valence-electron chi connectivity index (χ1n) is 6.39. The summed E-state index contributed by atoms with van der Waals surface area (Å²) in [5, 5.41) is 3.96. The van der Waals surface area contributed by atoms with E-state index < -0.39 is 0 Å². The van der Waals surface area contributed by atoms with Crippen molar-refractivity contribution in [2.24, 2.45) is 0 Å². The van der Waals surface area contributed by atoms with E-state index in [1.54, 1.807) is 23.1 Å². The van der Waals surface area contributed by atoms with Crippen LogP contribution in [0.5, 0.6) is 0 Å². The molecule has 0 amide bonds. The number of halogens is 1. The Morgan fingerprint density at radius 1 is 1.05 bits per heavy atom. The van der Waals surface area contributed by atoms with E-state index >= 15 is 0 Å². The van der Waals surface area contributed by atoms with Crippen molar-refractivity contribution in [1.29, 1.82) is 0 Å². The van der Waals surface area contributed by atoms with Gasteiger partial charge < -0.3 is 5.73 Å². The lowest BCUT2D eigenvalue weighted by atomic mass is 10.1. The van der Waals surface area contributed by atoms with E-state index in [1.807, 2.05) is 48.5 Å². The van der Waals surface area contributed by atoms with Crippen LogP contribution in [0.4, 0.5) is 5.69 Å². The maximum Gasteiger partial charge on any atom is 0.104 e. The van der Waals surface area contributed by atoms with Gasteiger partial charge in [0.15, 0.2) is 0 Å². The first-order chi connectivity index (χ1) is 10.2. The second-order valence-electron chi connectivity index (χ2n) is 4.49. The molecule has 0 radical (unpaired) electrons. The van der Waals surface area contributed by atoms with Gasteiger partial charge in [0.05, 0.1) is 11.4 Å². The van der Waals surface area contributed by atoms with Gasteiger partial charge in [-0.3, -0.25) is 0 Å². The SMILES string of the molecule is Nc1ccc(-c2csc(CSc3ccc(Cl)cc3)n2)cc1. The van der Waals surface area contributed by atoms with Crippen LogP contribution in [0.15, 0.2) is 58.8 Å². The van der Waals surface area contributed by atoms with Crippen LogP contribution in [0.25, 0.3) is 11.3 Å². The summed E-state index contributed by atoms with van der Waals surface area (Å²) in [6.45, 7) is 0. The summed E-state index contributed by atoms with van der Waals surface area (Å²) in [5.41, 5.74) is 8.58. The fraction of sp³-hybridized carbons (Fsp3) is 0.0625. The van der Waals surface area contributed by atoms with Gasteiger partial charge in [0.2, 0.25) is 0 Å². The molecule has 21 heavy (non-hydrogen) atoms. The van der Waals surface area contributed by atoms with Crippen LogP contribution in [0.2, 0.25) is 5.02 Å². The van der Waals surface area contributed by atoms with E-state index in [-0.39, 0.29) is 0 Å². The standard InChI is InChI=1S/C16H13ClN2S2/c17-12-3-7-14(8-4-12)20-10-16-19-15(9-21-16)11-1-5-13(18)6-2-11/h1-9H,10,18H2. The molecule has 0 unspecified atom stereocenters. The molecular formula is C16H13ClN2S2. The third-order valence-electron chi connectivity index (χ3n) is 2.93. The van der Waals surface area contributed by atoms with Crippen molar-refractivity contribution in [1.82, 2.24) is 4.98 Å². The lowest BCUT2D eigenvalue weighted by molar-refractivity contribution is 1.26. The number of anilines is 1. The van der Waals surface area contributed by atoms with Gasteiger partial charge >= 0.3 is 0 Å². The molecule has 3 rings (SSSR count). The Morgan fingerprint density at radius 3 is 2.48 bits per heavy atom. The van der Waals surface area contributed by atoms with Gasteiger partial charge in [0.25, 0.3) is 0 Å². The largest absolute Gasteiger partial charge is 0.399 e. The predicted octanol–water partition coefficient (Wildman–Crippen LogP) is 5.34. The van der Waals surface area contributed by atoms with E-state index in [9.17, 15) is 0 Å². The molecule has 0 bridgehead atoms. The molecule has 1 aromatic heterocycles. The summed E-state index contributed by atoms with van der Waals surface area (Å²) in [7, 11) is 0. The number of rotatable bonds is 4. The van der Waals surface area contributed by atoms with Crippen LogP contribution in [-0.2, 0) is 5.75 Å². The Hall–Kier alpha value is -1.49. The zero-order valence-corrected chi connectivity index (χ0v) is 13.5. The molecular weight excluding hydrogens is 320 g/mol. The second kappa shape index (κ2) is 6.52. The molecule has 1 heterocycles. The highest BCUT2D eigenvalue weighted by Gasteiger charge is 2.05. The third kappa shape index (κ3) is 3.79. The van der Waals surface area contributed by atoms with Crippen molar-refractivity contribution in [3.05, 3.63) is 63.9 Å². The highest BCUT2D eigenvalue weighted by Crippen LogP contribution is 2.28. The van der Waals surface area contributed by atoms with Gasteiger partial charge in [-0.05, 0) is 36.4 Å². The summed E-state index contributed by atoms with van der Waals surface area (Å²) < 4.78 is 0. The fourth-order valence-electron chi connectivity index (χ4n) is 1.84. The zero-order chi connectivity index (χ0) is 14.7. The van der Waals surface area contributed by atoms with Crippen molar-refractivity contribution in [3.63, 3.8) is 0 Å². The van der Waals surface area contributed by atoms with Crippen LogP contribution in [-0.4, -0.2) is 4.98 Å². The molecule has 2 N–H and O–H groups in total. The minimum absolute atomic E-state index is 0.763. The minimum Gasteiger partial charge on any atom is -0.399 e. The van der Waals surface area contributed by atoms with Gasteiger partial charge in [-0.2, -0.15) is 0 Å². The Kier molecular flexibility index (Phi) is 4.48. The molecule has 0 fully saturated rings. The van der Waals surface area contributed by atoms with Crippen molar-refractivity contribution < 1.29 is 0 Å².